The topological polar surface area (TPSA) is 61.2 Å². The zero-order chi connectivity index (χ0) is 13.3. The fourth-order valence-electron chi connectivity index (χ4n) is 1.53. The van der Waals surface area contributed by atoms with E-state index in [1.807, 2.05) is 0 Å². The molecular weight excluding hydrogens is 320 g/mol. The van der Waals surface area contributed by atoms with Crippen molar-refractivity contribution in [3.8, 4) is 5.75 Å². The number of halogens is 1. The van der Waals surface area contributed by atoms with E-state index in [1.54, 1.807) is 13.0 Å². The minimum atomic E-state index is -3.62. The lowest BCUT2D eigenvalue weighted by molar-refractivity contribution is 0.410. The molecule has 0 radical (unpaired) electrons. The highest BCUT2D eigenvalue weighted by Gasteiger charge is 2.19. The Balaban J connectivity index is 2.59. The molecule has 0 aliphatic rings. The van der Waals surface area contributed by atoms with Crippen LogP contribution >= 0.6 is 15.9 Å². The highest BCUT2D eigenvalue weighted by atomic mass is 79.9. The molecule has 1 aromatic carbocycles. The molecule has 2 aromatic rings. The molecule has 1 aromatic heterocycles. The first-order valence-corrected chi connectivity index (χ1v) is 7.29. The summed E-state index contributed by atoms with van der Waals surface area (Å²) in [6.07, 6.45) is 2.86. The van der Waals surface area contributed by atoms with Gasteiger partial charge in [-0.15, -0.1) is 0 Å². The monoisotopic (exact) mass is 330 g/mol. The van der Waals surface area contributed by atoms with Crippen LogP contribution in [0.4, 0.5) is 0 Å². The summed E-state index contributed by atoms with van der Waals surface area (Å²) in [6, 6.07) is 4.62. The summed E-state index contributed by atoms with van der Waals surface area (Å²) >= 11 is 3.28. The molecule has 0 saturated heterocycles. The molecule has 18 heavy (non-hydrogen) atoms. The largest absolute Gasteiger partial charge is 0.496 e. The number of ether oxygens (including phenoxy) is 1. The van der Waals surface area contributed by atoms with Crippen LogP contribution in [0.15, 0.2) is 40.0 Å². The van der Waals surface area contributed by atoms with E-state index in [2.05, 4.69) is 20.9 Å². The highest BCUT2D eigenvalue weighted by Crippen LogP contribution is 2.28. The van der Waals surface area contributed by atoms with Crippen LogP contribution in [0.3, 0.4) is 0 Å². The molecule has 0 bridgehead atoms. The van der Waals surface area contributed by atoms with E-state index in [4.69, 9.17) is 4.74 Å². The first-order valence-electron chi connectivity index (χ1n) is 5.06. The number of aromatic nitrogens is 2. The molecule has 0 aliphatic heterocycles. The van der Waals surface area contributed by atoms with Crippen molar-refractivity contribution in [1.82, 2.24) is 8.96 Å². The smallest absolute Gasteiger partial charge is 0.269 e. The average molecular weight is 331 g/mol. The molecule has 96 valence electrons. The van der Waals surface area contributed by atoms with Crippen LogP contribution in [0.2, 0.25) is 0 Å². The van der Waals surface area contributed by atoms with Crippen molar-refractivity contribution in [3.05, 3.63) is 40.9 Å². The molecule has 2 rings (SSSR count). The number of hydrogen-bond donors (Lipinski definition) is 0. The molecule has 0 atom stereocenters. The zero-order valence-corrected chi connectivity index (χ0v) is 12.2. The second kappa shape index (κ2) is 4.74. The van der Waals surface area contributed by atoms with E-state index in [-0.39, 0.29) is 4.90 Å². The van der Waals surface area contributed by atoms with Gasteiger partial charge in [0.1, 0.15) is 11.6 Å². The van der Waals surface area contributed by atoms with Crippen molar-refractivity contribution >= 4 is 26.0 Å². The van der Waals surface area contributed by atoms with Gasteiger partial charge in [-0.3, -0.25) is 0 Å². The van der Waals surface area contributed by atoms with Crippen LogP contribution in [-0.4, -0.2) is 24.5 Å². The van der Waals surface area contributed by atoms with Gasteiger partial charge >= 0.3 is 0 Å². The van der Waals surface area contributed by atoms with Gasteiger partial charge in [0, 0.05) is 18.5 Å². The predicted molar refractivity (Wildman–Crippen MR) is 70.2 cm³/mol. The lowest BCUT2D eigenvalue weighted by Crippen LogP contribution is -2.13. The van der Waals surface area contributed by atoms with Gasteiger partial charge < -0.3 is 4.74 Å². The third-order valence-corrected chi connectivity index (χ3v) is 4.87. The van der Waals surface area contributed by atoms with Crippen LogP contribution < -0.4 is 4.74 Å². The van der Waals surface area contributed by atoms with E-state index in [1.165, 1.54) is 31.6 Å². The average Bonchev–Trinajstić information content (AvgIpc) is 2.76. The quantitative estimate of drug-likeness (QED) is 0.865. The third-order valence-electron chi connectivity index (χ3n) is 2.46. The molecule has 0 fully saturated rings. The fraction of sp³-hybridized carbons (Fsp3) is 0.182. The summed E-state index contributed by atoms with van der Waals surface area (Å²) in [4.78, 5) is 4.07. The summed E-state index contributed by atoms with van der Waals surface area (Å²) in [7, 11) is -2.14. The number of nitrogens with zero attached hydrogens (tertiary/aromatic N) is 2. The Kier molecular flexibility index (Phi) is 3.45. The number of hydrogen-bond acceptors (Lipinski definition) is 4. The van der Waals surface area contributed by atoms with Crippen molar-refractivity contribution in [2.45, 2.75) is 11.8 Å². The van der Waals surface area contributed by atoms with Gasteiger partial charge in [0.05, 0.1) is 16.5 Å². The second-order valence-electron chi connectivity index (χ2n) is 3.57. The molecule has 0 N–H and O–H groups in total. The van der Waals surface area contributed by atoms with Crippen LogP contribution in [0.25, 0.3) is 0 Å². The number of benzene rings is 1. The molecule has 5 nitrogen and oxygen atoms in total. The van der Waals surface area contributed by atoms with Crippen LogP contribution in [-0.2, 0) is 10.0 Å². The molecule has 0 amide bonds. The van der Waals surface area contributed by atoms with Gasteiger partial charge in [0.15, 0.2) is 0 Å². The molecule has 0 spiro atoms. The second-order valence-corrected chi connectivity index (χ2v) is 6.24. The lowest BCUT2D eigenvalue weighted by atomic mass is 10.3. The van der Waals surface area contributed by atoms with Crippen LogP contribution in [0.1, 0.15) is 5.82 Å². The first kappa shape index (κ1) is 13.1. The number of imidazole rings is 1. The van der Waals surface area contributed by atoms with Gasteiger partial charge in [-0.25, -0.2) is 17.4 Å². The summed E-state index contributed by atoms with van der Waals surface area (Å²) in [5.74, 6) is 0.880. The van der Waals surface area contributed by atoms with E-state index in [9.17, 15) is 8.42 Å². The van der Waals surface area contributed by atoms with E-state index >= 15 is 0 Å². The first-order chi connectivity index (χ1) is 8.46. The van der Waals surface area contributed by atoms with Gasteiger partial charge in [-0.1, -0.05) is 0 Å². The molecule has 7 heteroatoms. The van der Waals surface area contributed by atoms with Gasteiger partial charge in [0.25, 0.3) is 10.0 Å². The van der Waals surface area contributed by atoms with E-state index < -0.39 is 10.0 Å². The zero-order valence-electron chi connectivity index (χ0n) is 9.79. The Morgan fingerprint density at radius 3 is 2.67 bits per heavy atom. The Bertz CT molecular complexity index is 679. The summed E-state index contributed by atoms with van der Waals surface area (Å²) in [6.45, 7) is 1.63. The van der Waals surface area contributed by atoms with Crippen molar-refractivity contribution in [2.24, 2.45) is 0 Å². The molecule has 0 unspecified atom stereocenters. The molecular formula is C11H11BrN2O3S. The SMILES string of the molecule is COc1cc(S(=O)(=O)n2ccnc2C)ccc1Br. The normalized spacial score (nSPS) is 11.5. The Morgan fingerprint density at radius 2 is 2.11 bits per heavy atom. The maximum absolute atomic E-state index is 12.3. The maximum atomic E-state index is 12.3. The van der Waals surface area contributed by atoms with Gasteiger partial charge in [-0.2, -0.15) is 0 Å². The van der Waals surface area contributed by atoms with Crippen LogP contribution in [0.5, 0.6) is 5.75 Å². The summed E-state index contributed by atoms with van der Waals surface area (Å²) in [5.41, 5.74) is 0. The number of rotatable bonds is 3. The molecule has 1 heterocycles. The van der Waals surface area contributed by atoms with Crippen LogP contribution in [0, 0.1) is 6.92 Å². The van der Waals surface area contributed by atoms with Crippen molar-refractivity contribution in [2.75, 3.05) is 7.11 Å². The van der Waals surface area contributed by atoms with Gasteiger partial charge in [-0.05, 0) is 35.0 Å². The highest BCUT2D eigenvalue weighted by molar-refractivity contribution is 9.10. The Morgan fingerprint density at radius 1 is 1.39 bits per heavy atom. The minimum Gasteiger partial charge on any atom is -0.496 e. The van der Waals surface area contributed by atoms with Crippen molar-refractivity contribution in [3.63, 3.8) is 0 Å². The number of aryl methyl sites for hydroxylation is 1. The minimum absolute atomic E-state index is 0.156. The Hall–Kier alpha value is -1.34. The maximum Gasteiger partial charge on any atom is 0.269 e. The standard InChI is InChI=1S/C11H11BrN2O3S/c1-8-13-5-6-14(8)18(15,16)9-3-4-10(12)11(7-9)17-2/h3-7H,1-2H3. The van der Waals surface area contributed by atoms with Gasteiger partial charge in [0.2, 0.25) is 0 Å². The molecule has 0 aliphatic carbocycles. The summed E-state index contributed by atoms with van der Waals surface area (Å²) in [5, 5.41) is 0. The third kappa shape index (κ3) is 2.15. The van der Waals surface area contributed by atoms with E-state index in [0.717, 1.165) is 3.97 Å². The molecule has 0 saturated carbocycles. The number of methoxy groups -OCH3 is 1. The summed E-state index contributed by atoms with van der Waals surface area (Å²) < 4.78 is 31.6. The van der Waals surface area contributed by atoms with Crippen molar-refractivity contribution < 1.29 is 13.2 Å². The predicted octanol–water partition coefficient (Wildman–Crippen LogP) is 2.20. The Labute approximate surface area is 114 Å². The van der Waals surface area contributed by atoms with E-state index in [0.29, 0.717) is 16.0 Å². The van der Waals surface area contributed by atoms with Crippen molar-refractivity contribution in [1.29, 1.82) is 0 Å². The fourth-order valence-corrected chi connectivity index (χ4v) is 3.28. The lowest BCUT2D eigenvalue weighted by Gasteiger charge is -2.09.